The molecule has 2 rings (SSSR count). The first-order chi connectivity index (χ1) is 12.9. The van der Waals surface area contributed by atoms with Gasteiger partial charge in [0.25, 0.3) is 0 Å². The van der Waals surface area contributed by atoms with Crippen LogP contribution in [0.3, 0.4) is 0 Å². The Labute approximate surface area is 171 Å². The zero-order chi connectivity index (χ0) is 21.2. The quantitative estimate of drug-likeness (QED) is 0.393. The van der Waals surface area contributed by atoms with Crippen LogP contribution >= 0.6 is 0 Å². The van der Waals surface area contributed by atoms with Gasteiger partial charge in [-0.25, -0.2) is 0 Å². The van der Waals surface area contributed by atoms with Gasteiger partial charge in [0, 0.05) is 0 Å². The van der Waals surface area contributed by atoms with E-state index < -0.39 is 18.4 Å². The van der Waals surface area contributed by atoms with E-state index in [-0.39, 0.29) is 16.0 Å². The molecule has 0 spiro atoms. The average molecular weight is 421 g/mol. The van der Waals surface area contributed by atoms with Gasteiger partial charge in [0.2, 0.25) is 0 Å². The zero-order valence-electron chi connectivity index (χ0n) is 17.9. The fourth-order valence-corrected chi connectivity index (χ4v) is 4.83. The van der Waals surface area contributed by atoms with E-state index in [0.717, 1.165) is 17.5 Å². The molecule has 2 aromatic rings. The van der Waals surface area contributed by atoms with Gasteiger partial charge in [-0.2, -0.15) is 8.42 Å². The van der Waals surface area contributed by atoms with Crippen LogP contribution in [0.4, 0.5) is 0 Å². The van der Waals surface area contributed by atoms with Gasteiger partial charge in [0.05, 0.1) is 6.10 Å². The Hall–Kier alpha value is -1.63. The highest BCUT2D eigenvalue weighted by Gasteiger charge is 2.39. The third-order valence-corrected chi connectivity index (χ3v) is 11.1. The molecular formula is C22H32O4SSi. The molecule has 6 heteroatoms. The van der Waals surface area contributed by atoms with E-state index in [4.69, 9.17) is 8.61 Å². The number of benzene rings is 2. The highest BCUT2D eigenvalue weighted by molar-refractivity contribution is 7.87. The molecule has 0 aliphatic heterocycles. The molecule has 0 unspecified atom stereocenters. The monoisotopic (exact) mass is 420 g/mol. The smallest absolute Gasteiger partial charge is 0.339 e. The Bertz CT molecular complexity index is 880. The lowest BCUT2D eigenvalue weighted by Gasteiger charge is -2.39. The summed E-state index contributed by atoms with van der Waals surface area (Å²) in [5, 5.41) is 0.131. The van der Waals surface area contributed by atoms with Crippen molar-refractivity contribution in [3.63, 3.8) is 0 Å². The molecule has 4 nitrogen and oxygen atoms in total. The maximum atomic E-state index is 12.4. The lowest BCUT2D eigenvalue weighted by molar-refractivity contribution is 0.179. The van der Waals surface area contributed by atoms with Gasteiger partial charge in [-0.15, -0.1) is 0 Å². The van der Waals surface area contributed by atoms with Crippen LogP contribution in [0.15, 0.2) is 53.4 Å². The second-order valence-electron chi connectivity index (χ2n) is 8.69. The van der Waals surface area contributed by atoms with Crippen LogP contribution in [-0.2, 0) is 14.5 Å². The van der Waals surface area contributed by atoms with Crippen LogP contribution in [0, 0.1) is 6.92 Å². The van der Waals surface area contributed by atoms with Crippen LogP contribution in [0.1, 0.15) is 51.3 Å². The molecule has 28 heavy (non-hydrogen) atoms. The number of hydrogen-bond donors (Lipinski definition) is 0. The standard InChI is InChI=1S/C22H32O4SSi/c1-8-21(26-28(6,7)22(3,4)5)18-11-13-19(14-12-18)25-27(23,24)20-15-9-17(2)10-16-20/h9-16,21H,8H2,1-7H3/t21-/m0/s1. The maximum Gasteiger partial charge on any atom is 0.339 e. The second-order valence-corrected chi connectivity index (χ2v) is 15.0. The summed E-state index contributed by atoms with van der Waals surface area (Å²) in [5.74, 6) is 0.298. The van der Waals surface area contributed by atoms with Crippen LogP contribution in [0.25, 0.3) is 0 Å². The molecule has 0 radical (unpaired) electrons. The minimum atomic E-state index is -3.84. The van der Waals surface area contributed by atoms with Gasteiger partial charge in [-0.05, 0) is 61.3 Å². The molecule has 0 fully saturated rings. The van der Waals surface area contributed by atoms with Crippen molar-refractivity contribution in [2.75, 3.05) is 0 Å². The maximum absolute atomic E-state index is 12.4. The molecule has 0 saturated carbocycles. The summed E-state index contributed by atoms with van der Waals surface area (Å²) in [6, 6.07) is 13.8. The molecule has 0 amide bonds. The first-order valence-electron chi connectivity index (χ1n) is 9.64. The minimum Gasteiger partial charge on any atom is -0.410 e. The zero-order valence-corrected chi connectivity index (χ0v) is 19.8. The van der Waals surface area contributed by atoms with Crippen LogP contribution < -0.4 is 4.18 Å². The van der Waals surface area contributed by atoms with Crippen LogP contribution in [0.2, 0.25) is 18.1 Å². The van der Waals surface area contributed by atoms with E-state index in [2.05, 4.69) is 40.8 Å². The van der Waals surface area contributed by atoms with E-state index >= 15 is 0 Å². The normalized spacial score (nSPS) is 14.0. The molecule has 0 bridgehead atoms. The van der Waals surface area contributed by atoms with Crippen molar-refractivity contribution < 1.29 is 17.0 Å². The van der Waals surface area contributed by atoms with Gasteiger partial charge >= 0.3 is 10.1 Å². The molecule has 0 saturated heterocycles. The van der Waals surface area contributed by atoms with Crippen molar-refractivity contribution in [3.05, 3.63) is 59.7 Å². The molecule has 2 aromatic carbocycles. The lowest BCUT2D eigenvalue weighted by Crippen LogP contribution is -2.41. The number of hydrogen-bond acceptors (Lipinski definition) is 4. The Morgan fingerprint density at radius 2 is 1.50 bits per heavy atom. The van der Waals surface area contributed by atoms with Crippen molar-refractivity contribution >= 4 is 18.4 Å². The molecule has 0 aliphatic carbocycles. The molecule has 0 aliphatic rings. The van der Waals surface area contributed by atoms with Gasteiger partial charge in [-0.1, -0.05) is 57.5 Å². The van der Waals surface area contributed by atoms with Gasteiger partial charge in [-0.3, -0.25) is 0 Å². The fourth-order valence-electron chi connectivity index (χ4n) is 2.54. The third-order valence-electron chi connectivity index (χ3n) is 5.38. The minimum absolute atomic E-state index is 0.0105. The van der Waals surface area contributed by atoms with E-state index in [9.17, 15) is 8.42 Å². The largest absolute Gasteiger partial charge is 0.410 e. The SMILES string of the molecule is CC[C@H](O[Si](C)(C)C(C)(C)C)c1ccc(OS(=O)(=O)c2ccc(C)cc2)cc1. The first kappa shape index (κ1) is 22.7. The summed E-state index contributed by atoms with van der Waals surface area (Å²) in [6.07, 6.45) is 0.845. The number of aryl methyl sites for hydroxylation is 1. The highest BCUT2D eigenvalue weighted by atomic mass is 32.2. The van der Waals surface area contributed by atoms with E-state index in [1.54, 1.807) is 36.4 Å². The fraction of sp³-hybridized carbons (Fsp3) is 0.455. The Morgan fingerprint density at radius 1 is 0.964 bits per heavy atom. The summed E-state index contributed by atoms with van der Waals surface area (Å²) in [4.78, 5) is 0.148. The second kappa shape index (κ2) is 8.39. The summed E-state index contributed by atoms with van der Waals surface area (Å²) < 4.78 is 36.7. The van der Waals surface area contributed by atoms with Crippen molar-refractivity contribution in [2.45, 2.75) is 70.2 Å². The van der Waals surface area contributed by atoms with Crippen molar-refractivity contribution in [1.82, 2.24) is 0 Å². The van der Waals surface area contributed by atoms with Crippen LogP contribution in [-0.4, -0.2) is 16.7 Å². The molecule has 0 N–H and O–H groups in total. The van der Waals surface area contributed by atoms with E-state index in [1.807, 2.05) is 19.1 Å². The Morgan fingerprint density at radius 3 is 1.96 bits per heavy atom. The first-order valence-corrected chi connectivity index (χ1v) is 14.0. The molecular weight excluding hydrogens is 388 g/mol. The lowest BCUT2D eigenvalue weighted by atomic mass is 10.1. The summed E-state index contributed by atoms with van der Waals surface area (Å²) >= 11 is 0. The third kappa shape index (κ3) is 5.46. The predicted octanol–water partition coefficient (Wildman–Crippen LogP) is 6.24. The van der Waals surface area contributed by atoms with E-state index in [1.165, 1.54) is 0 Å². The Kier molecular flexibility index (Phi) is 6.79. The predicted molar refractivity (Wildman–Crippen MR) is 117 cm³/mol. The van der Waals surface area contributed by atoms with E-state index in [0.29, 0.717) is 5.75 Å². The molecule has 0 heterocycles. The van der Waals surface area contributed by atoms with Crippen molar-refractivity contribution in [1.29, 1.82) is 0 Å². The Balaban J connectivity index is 2.17. The van der Waals surface area contributed by atoms with Crippen molar-refractivity contribution in [2.24, 2.45) is 0 Å². The summed E-state index contributed by atoms with van der Waals surface area (Å²) in [6.45, 7) is 15.1. The molecule has 154 valence electrons. The van der Waals surface area contributed by atoms with Gasteiger partial charge in [0.1, 0.15) is 10.6 Å². The summed E-state index contributed by atoms with van der Waals surface area (Å²) in [5.41, 5.74) is 2.03. The van der Waals surface area contributed by atoms with Crippen molar-refractivity contribution in [3.8, 4) is 5.75 Å². The number of rotatable bonds is 7. The molecule has 0 aromatic heterocycles. The van der Waals surface area contributed by atoms with Gasteiger partial charge < -0.3 is 8.61 Å². The molecule has 1 atom stereocenters. The van der Waals surface area contributed by atoms with Gasteiger partial charge in [0.15, 0.2) is 8.32 Å². The summed E-state index contributed by atoms with van der Waals surface area (Å²) in [7, 11) is -5.74. The highest BCUT2D eigenvalue weighted by Crippen LogP contribution is 2.40. The topological polar surface area (TPSA) is 52.6 Å². The van der Waals surface area contributed by atoms with Crippen LogP contribution in [0.5, 0.6) is 5.75 Å². The average Bonchev–Trinajstić information content (AvgIpc) is 2.59.